The van der Waals surface area contributed by atoms with Crippen molar-refractivity contribution < 1.29 is 14.3 Å². The number of benzene rings is 2. The first-order chi connectivity index (χ1) is 13.6. The van der Waals surface area contributed by atoms with Crippen LogP contribution in [0.4, 0.5) is 0 Å². The van der Waals surface area contributed by atoms with Crippen LogP contribution in [0.2, 0.25) is 0 Å². The molecule has 0 aliphatic heterocycles. The summed E-state index contributed by atoms with van der Waals surface area (Å²) in [5, 5.41) is 3.04. The number of carbonyl (C=O) groups is 1. The largest absolute Gasteiger partial charge is 0.497 e. The van der Waals surface area contributed by atoms with E-state index in [1.54, 1.807) is 25.6 Å². The molecule has 1 aromatic heterocycles. The lowest BCUT2D eigenvalue weighted by Crippen LogP contribution is -2.27. The molecule has 0 radical (unpaired) electrons. The molecule has 0 saturated heterocycles. The van der Waals surface area contributed by atoms with E-state index in [0.29, 0.717) is 17.9 Å². The van der Waals surface area contributed by atoms with Gasteiger partial charge in [-0.1, -0.05) is 18.2 Å². The number of ether oxygens (including phenoxy) is 2. The molecule has 3 aromatic rings. The van der Waals surface area contributed by atoms with Gasteiger partial charge in [-0.2, -0.15) is 0 Å². The molecule has 0 aliphatic carbocycles. The second-order valence-electron chi connectivity index (χ2n) is 6.35. The van der Waals surface area contributed by atoms with Crippen LogP contribution in [0.3, 0.4) is 0 Å². The summed E-state index contributed by atoms with van der Waals surface area (Å²) in [6, 6.07) is 17.0. The molecular formula is C23H24N2O3. The van der Waals surface area contributed by atoms with Crippen molar-refractivity contribution in [1.82, 2.24) is 10.3 Å². The topological polar surface area (TPSA) is 60.5 Å². The molecule has 144 valence electrons. The van der Waals surface area contributed by atoms with Gasteiger partial charge in [-0.3, -0.25) is 9.78 Å². The van der Waals surface area contributed by atoms with Crippen LogP contribution in [0.1, 0.15) is 35.8 Å². The number of rotatable bonds is 7. The third-order valence-corrected chi connectivity index (χ3v) is 4.48. The van der Waals surface area contributed by atoms with E-state index in [9.17, 15) is 4.79 Å². The van der Waals surface area contributed by atoms with E-state index in [2.05, 4.69) is 10.3 Å². The average Bonchev–Trinajstić information content (AvgIpc) is 2.74. The van der Waals surface area contributed by atoms with Crippen molar-refractivity contribution in [3.63, 3.8) is 0 Å². The lowest BCUT2D eigenvalue weighted by atomic mass is 10.0. The van der Waals surface area contributed by atoms with Crippen molar-refractivity contribution in [2.45, 2.75) is 19.9 Å². The standard InChI is InChI=1S/C23H24N2O3/c1-4-28-22-15-19(17-10-12-24-13-11-17)8-9-21(22)23(26)25-16(2)18-6-5-7-20(14-18)27-3/h5-16H,4H2,1-3H3,(H,25,26). The lowest BCUT2D eigenvalue weighted by molar-refractivity contribution is 0.0936. The Morgan fingerprint density at radius 1 is 1.07 bits per heavy atom. The van der Waals surface area contributed by atoms with Gasteiger partial charge in [-0.05, 0) is 66.9 Å². The highest BCUT2D eigenvalue weighted by atomic mass is 16.5. The zero-order valence-corrected chi connectivity index (χ0v) is 16.3. The Bertz CT molecular complexity index is 942. The summed E-state index contributed by atoms with van der Waals surface area (Å²) in [7, 11) is 1.63. The number of nitrogens with zero attached hydrogens (tertiary/aromatic N) is 1. The van der Waals surface area contributed by atoms with Gasteiger partial charge in [0, 0.05) is 12.4 Å². The highest BCUT2D eigenvalue weighted by molar-refractivity contribution is 5.98. The molecular weight excluding hydrogens is 352 g/mol. The highest BCUT2D eigenvalue weighted by Crippen LogP contribution is 2.28. The minimum Gasteiger partial charge on any atom is -0.497 e. The second kappa shape index (κ2) is 9.04. The van der Waals surface area contributed by atoms with Gasteiger partial charge in [0.05, 0.1) is 25.3 Å². The monoisotopic (exact) mass is 376 g/mol. The Morgan fingerprint density at radius 2 is 1.86 bits per heavy atom. The first-order valence-electron chi connectivity index (χ1n) is 9.24. The fourth-order valence-corrected chi connectivity index (χ4v) is 2.98. The lowest BCUT2D eigenvalue weighted by Gasteiger charge is -2.17. The van der Waals surface area contributed by atoms with E-state index in [-0.39, 0.29) is 11.9 Å². The van der Waals surface area contributed by atoms with Gasteiger partial charge in [-0.25, -0.2) is 0 Å². The van der Waals surface area contributed by atoms with Crippen LogP contribution in [0.5, 0.6) is 11.5 Å². The van der Waals surface area contributed by atoms with E-state index >= 15 is 0 Å². The number of pyridine rings is 1. The predicted octanol–water partition coefficient (Wildman–Crippen LogP) is 4.65. The van der Waals surface area contributed by atoms with Gasteiger partial charge in [-0.15, -0.1) is 0 Å². The Morgan fingerprint density at radius 3 is 2.57 bits per heavy atom. The Labute approximate surface area is 165 Å². The minimum absolute atomic E-state index is 0.169. The number of nitrogens with one attached hydrogen (secondary N) is 1. The van der Waals surface area contributed by atoms with Crippen molar-refractivity contribution in [2.24, 2.45) is 0 Å². The molecule has 0 saturated carbocycles. The van der Waals surface area contributed by atoms with Gasteiger partial charge >= 0.3 is 0 Å². The smallest absolute Gasteiger partial charge is 0.255 e. The Hall–Kier alpha value is -3.34. The van der Waals surface area contributed by atoms with E-state index < -0.39 is 0 Å². The van der Waals surface area contributed by atoms with Crippen LogP contribution in [0.15, 0.2) is 67.0 Å². The molecule has 1 unspecified atom stereocenters. The summed E-state index contributed by atoms with van der Waals surface area (Å²) in [5.74, 6) is 1.14. The van der Waals surface area contributed by atoms with Crippen LogP contribution >= 0.6 is 0 Å². The van der Waals surface area contributed by atoms with E-state index in [1.807, 2.05) is 62.4 Å². The van der Waals surface area contributed by atoms with Crippen molar-refractivity contribution in [2.75, 3.05) is 13.7 Å². The summed E-state index contributed by atoms with van der Waals surface area (Å²) in [4.78, 5) is 16.9. The van der Waals surface area contributed by atoms with Gasteiger partial charge in [0.2, 0.25) is 0 Å². The van der Waals surface area contributed by atoms with Gasteiger partial charge in [0.1, 0.15) is 11.5 Å². The molecule has 1 amide bonds. The minimum atomic E-state index is -0.181. The molecule has 3 rings (SSSR count). The summed E-state index contributed by atoms with van der Waals surface area (Å²) in [5.41, 5.74) is 3.48. The summed E-state index contributed by atoms with van der Waals surface area (Å²) in [6.07, 6.45) is 3.48. The first-order valence-corrected chi connectivity index (χ1v) is 9.24. The molecule has 5 heteroatoms. The third kappa shape index (κ3) is 4.49. The third-order valence-electron chi connectivity index (χ3n) is 4.48. The summed E-state index contributed by atoms with van der Waals surface area (Å²) >= 11 is 0. The van der Waals surface area contributed by atoms with Crippen LogP contribution in [-0.4, -0.2) is 24.6 Å². The normalized spacial score (nSPS) is 11.5. The SMILES string of the molecule is CCOc1cc(-c2ccncc2)ccc1C(=O)NC(C)c1cccc(OC)c1. The van der Waals surface area contributed by atoms with Crippen molar-refractivity contribution in [3.05, 3.63) is 78.1 Å². The number of carbonyl (C=O) groups excluding carboxylic acids is 1. The van der Waals surface area contributed by atoms with Crippen LogP contribution in [-0.2, 0) is 0 Å². The molecule has 0 fully saturated rings. The first kappa shape index (κ1) is 19.4. The van der Waals surface area contributed by atoms with Gasteiger partial charge < -0.3 is 14.8 Å². The molecule has 1 atom stereocenters. The second-order valence-corrected chi connectivity index (χ2v) is 6.35. The number of aromatic nitrogens is 1. The fourth-order valence-electron chi connectivity index (χ4n) is 2.98. The average molecular weight is 376 g/mol. The zero-order chi connectivity index (χ0) is 19.9. The van der Waals surface area contributed by atoms with E-state index in [1.165, 1.54) is 0 Å². The number of hydrogen-bond acceptors (Lipinski definition) is 4. The molecule has 28 heavy (non-hydrogen) atoms. The molecule has 5 nitrogen and oxygen atoms in total. The quantitative estimate of drug-likeness (QED) is 0.652. The van der Waals surface area contributed by atoms with Crippen LogP contribution in [0, 0.1) is 0 Å². The van der Waals surface area contributed by atoms with E-state index in [4.69, 9.17) is 9.47 Å². The van der Waals surface area contributed by atoms with Crippen LogP contribution < -0.4 is 14.8 Å². The Balaban J connectivity index is 1.84. The maximum Gasteiger partial charge on any atom is 0.255 e. The highest BCUT2D eigenvalue weighted by Gasteiger charge is 2.17. The predicted molar refractivity (Wildman–Crippen MR) is 110 cm³/mol. The zero-order valence-electron chi connectivity index (χ0n) is 16.3. The number of amides is 1. The molecule has 1 heterocycles. The number of methoxy groups -OCH3 is 1. The van der Waals surface area contributed by atoms with Crippen molar-refractivity contribution in [3.8, 4) is 22.6 Å². The van der Waals surface area contributed by atoms with Gasteiger partial charge in [0.25, 0.3) is 5.91 Å². The maximum atomic E-state index is 12.9. The fraction of sp³-hybridized carbons (Fsp3) is 0.217. The molecule has 2 aromatic carbocycles. The summed E-state index contributed by atoms with van der Waals surface area (Å²) < 4.78 is 11.0. The molecule has 0 spiro atoms. The molecule has 1 N–H and O–H groups in total. The maximum absolute atomic E-state index is 12.9. The van der Waals surface area contributed by atoms with Crippen LogP contribution in [0.25, 0.3) is 11.1 Å². The molecule has 0 aliphatic rings. The molecule has 0 bridgehead atoms. The van der Waals surface area contributed by atoms with Crippen molar-refractivity contribution in [1.29, 1.82) is 0 Å². The van der Waals surface area contributed by atoms with E-state index in [0.717, 1.165) is 22.4 Å². The van der Waals surface area contributed by atoms with Gasteiger partial charge in [0.15, 0.2) is 0 Å². The number of hydrogen-bond donors (Lipinski definition) is 1. The Kier molecular flexibility index (Phi) is 6.27. The summed E-state index contributed by atoms with van der Waals surface area (Å²) in [6.45, 7) is 4.32. The van der Waals surface area contributed by atoms with Crippen molar-refractivity contribution >= 4 is 5.91 Å².